The van der Waals surface area contributed by atoms with Crippen LogP contribution in [0.1, 0.15) is 73.7 Å². The molecule has 0 aliphatic carbocycles. The van der Waals surface area contributed by atoms with E-state index in [1.807, 2.05) is 57.2 Å². The highest BCUT2D eigenvalue weighted by atomic mass is 32.2. The van der Waals surface area contributed by atoms with Gasteiger partial charge in [0.05, 0.1) is 16.9 Å². The highest BCUT2D eigenvalue weighted by molar-refractivity contribution is 7.91. The predicted octanol–water partition coefficient (Wildman–Crippen LogP) is 5.55. The molecule has 0 radical (unpaired) electrons. The molecule has 10 nitrogen and oxygen atoms in total. The van der Waals surface area contributed by atoms with Crippen LogP contribution in [0.15, 0.2) is 60.9 Å². The number of hydrogen-bond donors (Lipinski definition) is 3. The quantitative estimate of drug-likeness (QED) is 0.223. The number of benzene rings is 2. The monoisotopic (exact) mass is 687 g/mol. The van der Waals surface area contributed by atoms with Gasteiger partial charge in [-0.2, -0.15) is 5.10 Å². The maximum atomic E-state index is 15.8. The summed E-state index contributed by atoms with van der Waals surface area (Å²) in [7, 11) is -1.72. The van der Waals surface area contributed by atoms with Gasteiger partial charge >= 0.3 is 5.97 Å². The molecule has 258 valence electrons. The Hall–Kier alpha value is -4.42. The fraction of sp³-hybridized carbons (Fsp3) is 0.405. The molecule has 12 heteroatoms. The average molecular weight is 688 g/mol. The highest BCUT2D eigenvalue weighted by Gasteiger charge is 2.36. The second-order valence-electron chi connectivity index (χ2n) is 14.3. The van der Waals surface area contributed by atoms with Crippen LogP contribution in [0.25, 0.3) is 22.4 Å². The Morgan fingerprint density at radius 1 is 1.10 bits per heavy atom. The second kappa shape index (κ2) is 13.1. The van der Waals surface area contributed by atoms with Gasteiger partial charge in [-0.05, 0) is 83.7 Å². The number of aryl methyl sites for hydroxylation is 2. The molecule has 0 saturated heterocycles. The van der Waals surface area contributed by atoms with Crippen LogP contribution in [0.4, 0.5) is 4.39 Å². The van der Waals surface area contributed by atoms with Crippen molar-refractivity contribution < 1.29 is 27.8 Å². The van der Waals surface area contributed by atoms with Gasteiger partial charge in [-0.15, -0.1) is 0 Å². The number of aromatic amines is 1. The maximum absolute atomic E-state index is 15.8. The Kier molecular flexibility index (Phi) is 9.23. The maximum Gasteiger partial charge on any atom is 0.332 e. The minimum Gasteiger partial charge on any atom is -0.479 e. The number of rotatable bonds is 4. The lowest BCUT2D eigenvalue weighted by Gasteiger charge is -2.31. The average Bonchev–Trinajstić information content (AvgIpc) is 3.66. The lowest BCUT2D eigenvalue weighted by Crippen LogP contribution is -2.29. The fourth-order valence-corrected chi connectivity index (χ4v) is 9.16. The van der Waals surface area contributed by atoms with Crippen LogP contribution in [0, 0.1) is 11.2 Å². The number of carboxylic acid groups (broad SMARTS) is 1. The summed E-state index contributed by atoms with van der Waals surface area (Å²) in [5, 5.41) is 25.0. The van der Waals surface area contributed by atoms with Gasteiger partial charge in [0.25, 0.3) is 0 Å². The lowest BCUT2D eigenvalue weighted by atomic mass is 9.75. The standard InChI is InChI=1S/C37H42FN5O5S/c1-36(2)12-6-13-37(3,25-8-5-7-23(17-25)20-32(44)34(45)46)35-41-33(43(4)42-35)31-19-24(9-14-40-31)18-28-26(11-16-49(47,48)22-36)27-10-15-39-30(27)21-29(28)38/h5,7-10,14-15,17,19,21,32,39,44H,6,11-13,16,18,20,22H2,1-4H3,(H,45,46)/t32-,37-/m1/s1. The number of fused-ring (bicyclic) bond motifs is 8. The summed E-state index contributed by atoms with van der Waals surface area (Å²) in [4.78, 5) is 24.1. The third-order valence-electron chi connectivity index (χ3n) is 9.80. The zero-order chi connectivity index (χ0) is 35.1. The number of nitrogens with one attached hydrogen (secondary N) is 1. The van der Waals surface area contributed by atoms with Crippen LogP contribution in [-0.4, -0.2) is 66.9 Å². The molecule has 5 aromatic rings. The molecule has 0 fully saturated rings. The van der Waals surface area contributed by atoms with E-state index in [2.05, 4.69) is 9.97 Å². The third-order valence-corrected chi connectivity index (χ3v) is 11.8. The number of sulfone groups is 1. The van der Waals surface area contributed by atoms with Crippen LogP contribution in [-0.2, 0) is 46.4 Å². The van der Waals surface area contributed by atoms with E-state index in [4.69, 9.17) is 10.1 Å². The van der Waals surface area contributed by atoms with Crippen molar-refractivity contribution in [2.75, 3.05) is 11.5 Å². The number of nitrogens with zero attached hydrogens (tertiary/aromatic N) is 4. The molecule has 0 saturated carbocycles. The van der Waals surface area contributed by atoms with Gasteiger partial charge in [-0.3, -0.25) is 4.98 Å². The molecule has 4 bridgehead atoms. The van der Waals surface area contributed by atoms with Gasteiger partial charge in [0.1, 0.15) is 11.5 Å². The van der Waals surface area contributed by atoms with Crippen molar-refractivity contribution in [3.05, 3.63) is 100 Å². The summed E-state index contributed by atoms with van der Waals surface area (Å²) in [6, 6.07) is 14.5. The minimum atomic E-state index is -3.52. The third kappa shape index (κ3) is 7.30. The van der Waals surface area contributed by atoms with Gasteiger partial charge < -0.3 is 15.2 Å². The van der Waals surface area contributed by atoms with E-state index >= 15 is 4.39 Å². The number of aliphatic hydroxyl groups is 1. The first kappa shape index (κ1) is 34.4. The number of aliphatic carboxylic acids is 1. The highest BCUT2D eigenvalue weighted by Crippen LogP contribution is 2.39. The Morgan fingerprint density at radius 2 is 1.90 bits per heavy atom. The minimum absolute atomic E-state index is 0.0140. The van der Waals surface area contributed by atoms with Gasteiger partial charge in [0, 0.05) is 43.2 Å². The largest absolute Gasteiger partial charge is 0.479 e. The first-order chi connectivity index (χ1) is 23.1. The Bertz CT molecular complexity index is 2140. The Labute approximate surface area is 285 Å². The lowest BCUT2D eigenvalue weighted by molar-refractivity contribution is -0.146. The molecule has 0 spiro atoms. The van der Waals surface area contributed by atoms with Crippen molar-refractivity contribution in [3.63, 3.8) is 0 Å². The van der Waals surface area contributed by atoms with Crippen LogP contribution in [0.3, 0.4) is 0 Å². The van der Waals surface area contributed by atoms with E-state index < -0.39 is 38.6 Å². The molecule has 1 aliphatic heterocycles. The van der Waals surface area contributed by atoms with Crippen LogP contribution in [0.5, 0.6) is 0 Å². The van der Waals surface area contributed by atoms with Crippen molar-refractivity contribution in [1.29, 1.82) is 0 Å². The number of pyridine rings is 1. The second-order valence-corrected chi connectivity index (χ2v) is 16.5. The number of halogens is 1. The van der Waals surface area contributed by atoms with Crippen molar-refractivity contribution in [1.82, 2.24) is 24.7 Å². The van der Waals surface area contributed by atoms with E-state index in [-0.39, 0.29) is 30.8 Å². The molecule has 3 aromatic heterocycles. The first-order valence-electron chi connectivity index (χ1n) is 16.5. The summed E-state index contributed by atoms with van der Waals surface area (Å²) < 4.78 is 44.7. The smallest absolute Gasteiger partial charge is 0.332 e. The van der Waals surface area contributed by atoms with Crippen molar-refractivity contribution in [2.45, 2.75) is 70.8 Å². The molecular weight excluding hydrogens is 646 g/mol. The fourth-order valence-electron chi connectivity index (χ4n) is 7.17. The van der Waals surface area contributed by atoms with Gasteiger partial charge in [0.15, 0.2) is 27.6 Å². The molecule has 49 heavy (non-hydrogen) atoms. The van der Waals surface area contributed by atoms with Gasteiger partial charge in [-0.25, -0.2) is 27.3 Å². The van der Waals surface area contributed by atoms with Crippen LogP contribution in [0.2, 0.25) is 0 Å². The van der Waals surface area contributed by atoms with Crippen molar-refractivity contribution in [2.24, 2.45) is 12.5 Å². The number of aliphatic hydroxyl groups excluding tert-OH is 1. The molecular formula is C37H42FN5O5S. The predicted molar refractivity (Wildman–Crippen MR) is 186 cm³/mol. The number of hydrogen-bond acceptors (Lipinski definition) is 7. The SMILES string of the molecule is Cn1nc2nc1-c1cc(ccn1)Cc1c(F)cc3[nH]ccc3c1CCS(=O)(=O)CC(C)(C)CCC[C@]2(C)c1cccc(C[C@@H](O)C(=O)O)c1. The topological polar surface area (TPSA) is 151 Å². The zero-order valence-corrected chi connectivity index (χ0v) is 29.0. The molecule has 0 unspecified atom stereocenters. The number of aromatic nitrogens is 5. The molecule has 2 atom stereocenters. The normalized spacial score (nSPS) is 20.2. The first-order valence-corrected chi connectivity index (χ1v) is 18.3. The number of carbonyl (C=O) groups is 1. The number of H-pyrrole nitrogens is 1. The molecule has 1 aliphatic rings. The molecule has 0 amide bonds. The van der Waals surface area contributed by atoms with Crippen molar-refractivity contribution in [3.8, 4) is 11.5 Å². The molecule has 2 aromatic carbocycles. The summed E-state index contributed by atoms with van der Waals surface area (Å²) >= 11 is 0. The van der Waals surface area contributed by atoms with E-state index in [0.717, 1.165) is 16.5 Å². The van der Waals surface area contributed by atoms with Gasteiger partial charge in [0.2, 0.25) is 0 Å². The van der Waals surface area contributed by atoms with Crippen LogP contribution < -0.4 is 0 Å². The zero-order valence-electron chi connectivity index (χ0n) is 28.2. The summed E-state index contributed by atoms with van der Waals surface area (Å²) in [6.07, 6.45) is 4.08. The number of carboxylic acids is 1. The van der Waals surface area contributed by atoms with E-state index in [1.165, 1.54) is 6.07 Å². The molecule has 4 heterocycles. The Balaban J connectivity index is 1.47. The van der Waals surface area contributed by atoms with E-state index in [9.17, 15) is 23.4 Å². The molecule has 6 rings (SSSR count). The Morgan fingerprint density at radius 3 is 2.67 bits per heavy atom. The van der Waals surface area contributed by atoms with Crippen LogP contribution >= 0.6 is 0 Å². The summed E-state index contributed by atoms with van der Waals surface area (Å²) in [5.41, 5.74) is 3.35. The molecule has 3 N–H and O–H groups in total. The van der Waals surface area contributed by atoms with Gasteiger partial charge in [-0.1, -0.05) is 44.5 Å². The van der Waals surface area contributed by atoms with Crippen molar-refractivity contribution >= 4 is 26.7 Å². The summed E-state index contributed by atoms with van der Waals surface area (Å²) in [5.74, 6) is -0.731. The summed E-state index contributed by atoms with van der Waals surface area (Å²) in [6.45, 7) is 5.95. The van der Waals surface area contributed by atoms with E-state index in [0.29, 0.717) is 58.8 Å². The van der Waals surface area contributed by atoms with E-state index in [1.54, 1.807) is 30.2 Å².